The van der Waals surface area contributed by atoms with Gasteiger partial charge in [0.25, 0.3) is 0 Å². The van der Waals surface area contributed by atoms with E-state index in [2.05, 4.69) is 21.5 Å². The number of rotatable bonds is 7. The summed E-state index contributed by atoms with van der Waals surface area (Å²) in [4.78, 5) is 22.7. The molecule has 0 spiro atoms. The molecule has 2 aliphatic rings. The van der Waals surface area contributed by atoms with Crippen LogP contribution in [0.5, 0.6) is 0 Å². The van der Waals surface area contributed by atoms with Gasteiger partial charge in [-0.2, -0.15) is 0 Å². The van der Waals surface area contributed by atoms with Crippen LogP contribution in [-0.4, -0.2) is 16.8 Å². The quantitative estimate of drug-likeness (QED) is 0.258. The van der Waals surface area contributed by atoms with Crippen molar-refractivity contribution >= 4 is 29.1 Å². The maximum Gasteiger partial charge on any atom is 0.437 e. The average molecular weight is 468 g/mol. The van der Waals surface area contributed by atoms with Gasteiger partial charge in [0.15, 0.2) is 0 Å². The highest BCUT2D eigenvalue weighted by atomic mass is 35.5. The van der Waals surface area contributed by atoms with Crippen LogP contribution < -0.4 is 5.32 Å². The van der Waals surface area contributed by atoms with Crippen LogP contribution in [0.3, 0.4) is 0 Å². The van der Waals surface area contributed by atoms with E-state index in [0.29, 0.717) is 22.5 Å². The molecule has 33 heavy (non-hydrogen) atoms. The molecule has 1 aromatic heterocycles. The number of benzene rings is 1. The Morgan fingerprint density at radius 3 is 2.48 bits per heavy atom. The maximum atomic E-state index is 12.6. The summed E-state index contributed by atoms with van der Waals surface area (Å²) in [7, 11) is 0. The molecule has 1 N–H and O–H groups in total. The SMILES string of the molecule is O=C(Nc1cccc(Cl)c1)O/N=C(\C1CCCCC1)C(Cc1ccccn1)C1CCCCC1. The van der Waals surface area contributed by atoms with E-state index in [1.807, 2.05) is 18.3 Å². The molecule has 6 heteroatoms. The number of carbonyl (C=O) groups is 1. The number of hydrogen-bond donors (Lipinski definition) is 1. The standard InChI is InChI=1S/C27H34ClN3O2/c28-22-14-9-16-24(18-22)30-27(32)33-31-26(21-12-5-2-6-13-21)25(20-10-3-1-4-11-20)19-23-15-7-8-17-29-23/h7-9,14-18,20-21,25H,1-6,10-13,19H2,(H,30,32)/b31-26+. The van der Waals surface area contributed by atoms with E-state index < -0.39 is 6.09 Å². The number of oxime groups is 1. The molecule has 2 aliphatic carbocycles. The zero-order chi connectivity index (χ0) is 22.9. The first-order valence-corrected chi connectivity index (χ1v) is 12.8. The van der Waals surface area contributed by atoms with Crippen molar-refractivity contribution in [2.24, 2.45) is 22.9 Å². The number of nitrogens with zero attached hydrogens (tertiary/aromatic N) is 2. The Morgan fingerprint density at radius 2 is 1.79 bits per heavy atom. The van der Waals surface area contributed by atoms with Crippen LogP contribution in [0.2, 0.25) is 5.02 Å². The zero-order valence-corrected chi connectivity index (χ0v) is 20.0. The third kappa shape index (κ3) is 7.04. The number of pyridine rings is 1. The fourth-order valence-electron chi connectivity index (χ4n) is 5.44. The number of carbonyl (C=O) groups excluding carboxylic acids is 1. The Balaban J connectivity index is 1.57. The largest absolute Gasteiger partial charge is 0.437 e. The van der Waals surface area contributed by atoms with E-state index in [1.165, 1.54) is 51.4 Å². The van der Waals surface area contributed by atoms with Gasteiger partial charge in [0.05, 0.1) is 5.71 Å². The van der Waals surface area contributed by atoms with Gasteiger partial charge in [0.2, 0.25) is 0 Å². The smallest absolute Gasteiger partial charge is 0.298 e. The summed E-state index contributed by atoms with van der Waals surface area (Å²) in [6.07, 6.45) is 14.3. The molecule has 4 rings (SSSR count). The van der Waals surface area contributed by atoms with E-state index in [9.17, 15) is 4.79 Å². The van der Waals surface area contributed by atoms with Crippen LogP contribution in [0.15, 0.2) is 53.8 Å². The maximum absolute atomic E-state index is 12.6. The lowest BCUT2D eigenvalue weighted by Gasteiger charge is -2.35. The molecule has 0 radical (unpaired) electrons. The minimum Gasteiger partial charge on any atom is -0.298 e. The van der Waals surface area contributed by atoms with Crippen molar-refractivity contribution < 1.29 is 9.63 Å². The molecule has 2 saturated carbocycles. The van der Waals surface area contributed by atoms with Crippen LogP contribution in [0.4, 0.5) is 10.5 Å². The molecule has 0 saturated heterocycles. The normalized spacial score (nSPS) is 19.1. The second kappa shape index (κ2) is 12.2. The Kier molecular flexibility index (Phi) is 8.76. The number of nitrogens with one attached hydrogen (secondary N) is 1. The molecule has 1 aromatic carbocycles. The molecular formula is C27H34ClN3O2. The van der Waals surface area contributed by atoms with Gasteiger partial charge in [-0.1, -0.05) is 67.4 Å². The summed E-state index contributed by atoms with van der Waals surface area (Å²) < 4.78 is 0. The van der Waals surface area contributed by atoms with Crippen molar-refractivity contribution in [1.82, 2.24) is 4.98 Å². The minimum absolute atomic E-state index is 0.252. The Hall–Kier alpha value is -2.40. The fraction of sp³-hybridized carbons (Fsp3) is 0.519. The van der Waals surface area contributed by atoms with E-state index in [0.717, 1.165) is 30.7 Å². The van der Waals surface area contributed by atoms with Crippen LogP contribution in [0, 0.1) is 17.8 Å². The van der Waals surface area contributed by atoms with Gasteiger partial charge in [-0.15, -0.1) is 0 Å². The third-order valence-corrected chi connectivity index (χ3v) is 7.32. The van der Waals surface area contributed by atoms with E-state index in [-0.39, 0.29) is 5.92 Å². The summed E-state index contributed by atoms with van der Waals surface area (Å²) in [5, 5.41) is 7.89. The topological polar surface area (TPSA) is 63.6 Å². The number of halogens is 1. The number of amides is 1. The predicted molar refractivity (Wildman–Crippen MR) is 134 cm³/mol. The first kappa shape index (κ1) is 23.7. The van der Waals surface area contributed by atoms with Gasteiger partial charge < -0.3 is 0 Å². The molecule has 176 valence electrons. The van der Waals surface area contributed by atoms with Crippen molar-refractivity contribution in [3.05, 3.63) is 59.4 Å². The number of aromatic nitrogens is 1. The highest BCUT2D eigenvalue weighted by molar-refractivity contribution is 6.30. The highest BCUT2D eigenvalue weighted by Crippen LogP contribution is 2.37. The van der Waals surface area contributed by atoms with E-state index >= 15 is 0 Å². The summed E-state index contributed by atoms with van der Waals surface area (Å²) in [5.74, 6) is 1.18. The molecular weight excluding hydrogens is 434 g/mol. The average Bonchev–Trinajstić information content (AvgIpc) is 2.85. The second-order valence-electron chi connectivity index (χ2n) is 9.39. The zero-order valence-electron chi connectivity index (χ0n) is 19.2. The first-order valence-electron chi connectivity index (χ1n) is 12.4. The number of anilines is 1. The summed E-state index contributed by atoms with van der Waals surface area (Å²) in [6, 6.07) is 13.1. The Morgan fingerprint density at radius 1 is 1.03 bits per heavy atom. The van der Waals surface area contributed by atoms with Gasteiger partial charge in [0, 0.05) is 34.4 Å². The summed E-state index contributed by atoms with van der Waals surface area (Å²) in [6.45, 7) is 0. The fourth-order valence-corrected chi connectivity index (χ4v) is 5.63. The van der Waals surface area contributed by atoms with Gasteiger partial charge in [-0.25, -0.2) is 4.79 Å². The Labute approximate surface area is 202 Å². The lowest BCUT2D eigenvalue weighted by molar-refractivity contribution is 0.162. The van der Waals surface area contributed by atoms with Crippen molar-refractivity contribution in [3.8, 4) is 0 Å². The predicted octanol–water partition coefficient (Wildman–Crippen LogP) is 7.66. The van der Waals surface area contributed by atoms with Gasteiger partial charge in [-0.05, 0) is 68.4 Å². The van der Waals surface area contributed by atoms with Crippen molar-refractivity contribution in [3.63, 3.8) is 0 Å². The molecule has 1 amide bonds. The van der Waals surface area contributed by atoms with Gasteiger partial charge in [0.1, 0.15) is 0 Å². The molecule has 2 aromatic rings. The molecule has 2 fully saturated rings. The molecule has 5 nitrogen and oxygen atoms in total. The summed E-state index contributed by atoms with van der Waals surface area (Å²) >= 11 is 6.04. The molecule has 1 atom stereocenters. The van der Waals surface area contributed by atoms with Crippen molar-refractivity contribution in [2.45, 2.75) is 70.6 Å². The molecule has 1 unspecified atom stereocenters. The second-order valence-corrected chi connectivity index (χ2v) is 9.83. The van der Waals surface area contributed by atoms with Crippen LogP contribution in [-0.2, 0) is 11.3 Å². The number of hydrogen-bond acceptors (Lipinski definition) is 4. The monoisotopic (exact) mass is 467 g/mol. The van der Waals surface area contributed by atoms with Gasteiger partial charge in [-0.3, -0.25) is 15.1 Å². The molecule has 0 aliphatic heterocycles. The first-order chi connectivity index (χ1) is 16.2. The molecule has 0 bridgehead atoms. The summed E-state index contributed by atoms with van der Waals surface area (Å²) in [5.41, 5.74) is 2.74. The van der Waals surface area contributed by atoms with Crippen molar-refractivity contribution in [2.75, 3.05) is 5.32 Å². The van der Waals surface area contributed by atoms with E-state index in [1.54, 1.807) is 24.3 Å². The highest BCUT2D eigenvalue weighted by Gasteiger charge is 2.34. The lowest BCUT2D eigenvalue weighted by Crippen LogP contribution is -2.34. The van der Waals surface area contributed by atoms with Gasteiger partial charge >= 0.3 is 6.09 Å². The van der Waals surface area contributed by atoms with E-state index in [4.69, 9.17) is 16.4 Å². The van der Waals surface area contributed by atoms with Crippen LogP contribution in [0.1, 0.15) is 69.9 Å². The van der Waals surface area contributed by atoms with Crippen LogP contribution in [0.25, 0.3) is 0 Å². The third-order valence-electron chi connectivity index (χ3n) is 7.08. The van der Waals surface area contributed by atoms with Crippen LogP contribution >= 0.6 is 11.6 Å². The minimum atomic E-state index is -0.578. The van der Waals surface area contributed by atoms with Crippen molar-refractivity contribution in [1.29, 1.82) is 0 Å². The Bertz CT molecular complexity index is 922. The molecule has 1 heterocycles. The lowest BCUT2D eigenvalue weighted by atomic mass is 9.70.